The van der Waals surface area contributed by atoms with Crippen LogP contribution in [-0.4, -0.2) is 29.0 Å². The minimum absolute atomic E-state index is 0.109. The zero-order valence-electron chi connectivity index (χ0n) is 11.3. The highest BCUT2D eigenvalue weighted by atomic mass is 16.6. The SMILES string of the molecule is COc1cc([N+](=O)[O-])ccc1NC(=O)C1(C(=O)O)CCC1. The third kappa shape index (κ3) is 2.51. The van der Waals surface area contributed by atoms with E-state index in [1.165, 1.54) is 25.3 Å². The average Bonchev–Trinajstić information content (AvgIpc) is 2.36. The summed E-state index contributed by atoms with van der Waals surface area (Å²) >= 11 is 0. The van der Waals surface area contributed by atoms with Crippen LogP contribution in [0.3, 0.4) is 0 Å². The first-order valence-corrected chi connectivity index (χ1v) is 6.28. The van der Waals surface area contributed by atoms with Crippen LogP contribution >= 0.6 is 0 Å². The van der Waals surface area contributed by atoms with Crippen molar-refractivity contribution in [3.63, 3.8) is 0 Å². The number of nitrogens with one attached hydrogen (secondary N) is 1. The zero-order chi connectivity index (χ0) is 15.6. The molecule has 1 amide bonds. The number of hydrogen-bond acceptors (Lipinski definition) is 5. The maximum Gasteiger partial charge on any atom is 0.319 e. The number of nitro groups is 1. The molecule has 0 unspecified atom stereocenters. The summed E-state index contributed by atoms with van der Waals surface area (Å²) in [4.78, 5) is 33.5. The molecule has 0 heterocycles. The van der Waals surface area contributed by atoms with E-state index in [2.05, 4.69) is 5.32 Å². The van der Waals surface area contributed by atoms with Gasteiger partial charge in [0, 0.05) is 6.07 Å². The Balaban J connectivity index is 2.25. The lowest BCUT2D eigenvalue weighted by molar-refractivity contribution is -0.384. The smallest absolute Gasteiger partial charge is 0.319 e. The summed E-state index contributed by atoms with van der Waals surface area (Å²) in [5, 5.41) is 22.4. The second-order valence-corrected chi connectivity index (χ2v) is 4.84. The van der Waals surface area contributed by atoms with Gasteiger partial charge < -0.3 is 15.2 Å². The van der Waals surface area contributed by atoms with Gasteiger partial charge in [-0.25, -0.2) is 0 Å². The number of carbonyl (C=O) groups is 2. The number of ether oxygens (including phenoxy) is 1. The maximum atomic E-state index is 12.2. The van der Waals surface area contributed by atoms with Crippen molar-refractivity contribution in [2.24, 2.45) is 5.41 Å². The molecule has 1 aliphatic carbocycles. The lowest BCUT2D eigenvalue weighted by Gasteiger charge is -2.35. The van der Waals surface area contributed by atoms with E-state index in [1.807, 2.05) is 0 Å². The number of rotatable bonds is 5. The Morgan fingerprint density at radius 3 is 2.52 bits per heavy atom. The van der Waals surface area contributed by atoms with E-state index in [1.54, 1.807) is 0 Å². The van der Waals surface area contributed by atoms with Crippen LogP contribution in [0.1, 0.15) is 19.3 Å². The summed E-state index contributed by atoms with van der Waals surface area (Å²) in [7, 11) is 1.31. The number of carboxylic acids is 1. The predicted molar refractivity (Wildman–Crippen MR) is 72.2 cm³/mol. The van der Waals surface area contributed by atoms with Crippen molar-refractivity contribution in [1.29, 1.82) is 0 Å². The highest BCUT2D eigenvalue weighted by molar-refractivity contribution is 6.09. The number of nitro benzene ring substituents is 1. The van der Waals surface area contributed by atoms with E-state index in [0.717, 1.165) is 0 Å². The van der Waals surface area contributed by atoms with Crippen molar-refractivity contribution < 1.29 is 24.4 Å². The van der Waals surface area contributed by atoms with Crippen LogP contribution < -0.4 is 10.1 Å². The number of amides is 1. The van der Waals surface area contributed by atoms with Gasteiger partial charge in [0.05, 0.1) is 23.8 Å². The third-order valence-corrected chi connectivity index (χ3v) is 3.70. The van der Waals surface area contributed by atoms with E-state index in [4.69, 9.17) is 4.74 Å². The second kappa shape index (κ2) is 5.39. The van der Waals surface area contributed by atoms with Crippen molar-refractivity contribution in [3.8, 4) is 5.75 Å². The number of non-ortho nitro benzene ring substituents is 1. The molecule has 1 aromatic rings. The molecule has 1 fully saturated rings. The van der Waals surface area contributed by atoms with E-state index in [-0.39, 0.29) is 30.0 Å². The molecule has 0 aromatic heterocycles. The van der Waals surface area contributed by atoms with Gasteiger partial charge >= 0.3 is 5.97 Å². The van der Waals surface area contributed by atoms with Gasteiger partial charge in [0.25, 0.3) is 5.69 Å². The van der Waals surface area contributed by atoms with Gasteiger partial charge in [0.1, 0.15) is 11.2 Å². The molecule has 21 heavy (non-hydrogen) atoms. The molecular weight excluding hydrogens is 280 g/mol. The van der Waals surface area contributed by atoms with Crippen LogP contribution in [0.25, 0.3) is 0 Å². The fourth-order valence-electron chi connectivity index (χ4n) is 2.21. The molecule has 112 valence electrons. The Hall–Kier alpha value is -2.64. The second-order valence-electron chi connectivity index (χ2n) is 4.84. The van der Waals surface area contributed by atoms with Crippen LogP contribution in [0, 0.1) is 15.5 Å². The Morgan fingerprint density at radius 1 is 1.43 bits per heavy atom. The van der Waals surface area contributed by atoms with Crippen molar-refractivity contribution in [1.82, 2.24) is 0 Å². The number of anilines is 1. The molecule has 1 aromatic carbocycles. The minimum Gasteiger partial charge on any atom is -0.494 e. The first-order chi connectivity index (χ1) is 9.90. The fourth-order valence-corrected chi connectivity index (χ4v) is 2.21. The van der Waals surface area contributed by atoms with Crippen molar-refractivity contribution >= 4 is 23.3 Å². The van der Waals surface area contributed by atoms with Gasteiger partial charge in [0.2, 0.25) is 5.91 Å². The highest BCUT2D eigenvalue weighted by Gasteiger charge is 2.51. The van der Waals surface area contributed by atoms with Crippen LogP contribution in [0.4, 0.5) is 11.4 Å². The maximum absolute atomic E-state index is 12.2. The molecule has 0 spiro atoms. The number of methoxy groups -OCH3 is 1. The van der Waals surface area contributed by atoms with Gasteiger partial charge in [-0.2, -0.15) is 0 Å². The van der Waals surface area contributed by atoms with Crippen LogP contribution in [0.2, 0.25) is 0 Å². The fraction of sp³-hybridized carbons (Fsp3) is 0.385. The summed E-state index contributed by atoms with van der Waals surface area (Å²) in [6.45, 7) is 0. The average molecular weight is 294 g/mol. The number of carbonyl (C=O) groups excluding carboxylic acids is 1. The van der Waals surface area contributed by atoms with Crippen molar-refractivity contribution in [3.05, 3.63) is 28.3 Å². The largest absolute Gasteiger partial charge is 0.494 e. The van der Waals surface area contributed by atoms with Gasteiger partial charge in [-0.05, 0) is 18.9 Å². The molecule has 0 radical (unpaired) electrons. The number of nitrogens with zero attached hydrogens (tertiary/aromatic N) is 1. The first kappa shape index (κ1) is 14.8. The van der Waals surface area contributed by atoms with Gasteiger partial charge in [-0.15, -0.1) is 0 Å². The lowest BCUT2D eigenvalue weighted by Crippen LogP contribution is -2.48. The summed E-state index contributed by atoms with van der Waals surface area (Å²) in [5.41, 5.74) is -1.38. The summed E-state index contributed by atoms with van der Waals surface area (Å²) in [6, 6.07) is 3.71. The van der Waals surface area contributed by atoms with Crippen molar-refractivity contribution in [2.75, 3.05) is 12.4 Å². The number of carboxylic acid groups (broad SMARTS) is 1. The van der Waals surface area contributed by atoms with E-state index in [0.29, 0.717) is 6.42 Å². The summed E-state index contributed by atoms with van der Waals surface area (Å²) < 4.78 is 5.00. The standard InChI is InChI=1S/C13H14N2O6/c1-21-10-7-8(15(19)20)3-4-9(10)14-11(16)13(12(17)18)5-2-6-13/h3-4,7H,2,5-6H2,1H3,(H,14,16)(H,17,18). The summed E-state index contributed by atoms with van der Waals surface area (Å²) in [5.74, 6) is -1.68. The third-order valence-electron chi connectivity index (χ3n) is 3.70. The van der Waals surface area contributed by atoms with E-state index < -0.39 is 22.2 Å². The van der Waals surface area contributed by atoms with Crippen molar-refractivity contribution in [2.45, 2.75) is 19.3 Å². The molecule has 0 saturated heterocycles. The van der Waals surface area contributed by atoms with Crippen LogP contribution in [0.15, 0.2) is 18.2 Å². The minimum atomic E-state index is -1.41. The lowest BCUT2D eigenvalue weighted by atomic mass is 9.68. The zero-order valence-corrected chi connectivity index (χ0v) is 11.3. The molecule has 2 rings (SSSR count). The molecule has 1 saturated carbocycles. The van der Waals surface area contributed by atoms with Gasteiger partial charge in [0.15, 0.2) is 0 Å². The molecule has 8 nitrogen and oxygen atoms in total. The molecule has 8 heteroatoms. The Morgan fingerprint density at radius 2 is 2.10 bits per heavy atom. The number of benzene rings is 1. The number of aliphatic carboxylic acids is 1. The molecule has 2 N–H and O–H groups in total. The Labute approximate surface area is 119 Å². The van der Waals surface area contributed by atoms with Crippen LogP contribution in [0.5, 0.6) is 5.75 Å². The van der Waals surface area contributed by atoms with E-state index >= 15 is 0 Å². The van der Waals surface area contributed by atoms with Gasteiger partial charge in [-0.1, -0.05) is 6.42 Å². The quantitative estimate of drug-likeness (QED) is 0.485. The Kier molecular flexibility index (Phi) is 3.79. The predicted octanol–water partition coefficient (Wildman–Crippen LogP) is 1.80. The normalized spacial score (nSPS) is 15.7. The monoisotopic (exact) mass is 294 g/mol. The Bertz CT molecular complexity index is 609. The van der Waals surface area contributed by atoms with E-state index in [9.17, 15) is 24.8 Å². The summed E-state index contributed by atoms with van der Waals surface area (Å²) in [6.07, 6.45) is 1.24. The first-order valence-electron chi connectivity index (χ1n) is 6.28. The highest BCUT2D eigenvalue weighted by Crippen LogP contribution is 2.42. The number of hydrogen-bond donors (Lipinski definition) is 2. The molecule has 0 bridgehead atoms. The topological polar surface area (TPSA) is 119 Å². The van der Waals surface area contributed by atoms with Crippen LogP contribution in [-0.2, 0) is 9.59 Å². The molecule has 0 atom stereocenters. The molecule has 0 aliphatic heterocycles. The molecule has 1 aliphatic rings. The van der Waals surface area contributed by atoms with Gasteiger partial charge in [-0.3, -0.25) is 19.7 Å². The molecular formula is C13H14N2O6.